The molecule has 0 radical (unpaired) electrons. The second-order valence-corrected chi connectivity index (χ2v) is 6.12. The molecule has 0 saturated heterocycles. The topological polar surface area (TPSA) is 54.0 Å². The first kappa shape index (κ1) is 17.0. The standard InChI is InChI=1S/C20H18ClN3O/c1-14-7-8-17(21)12-18(14)24-19-11-16(9-10-22-19)20(25)23-13-15-5-3-2-4-6-15/h2-12H,13H2,1H3,(H,22,24)(H,23,25). The monoisotopic (exact) mass is 351 g/mol. The summed E-state index contributed by atoms with van der Waals surface area (Å²) in [6.07, 6.45) is 1.61. The highest BCUT2D eigenvalue weighted by Crippen LogP contribution is 2.23. The maximum atomic E-state index is 12.4. The highest BCUT2D eigenvalue weighted by Gasteiger charge is 2.08. The Labute approximate surface area is 151 Å². The number of carbonyl (C=O) groups is 1. The number of nitrogens with zero attached hydrogens (tertiary/aromatic N) is 1. The van der Waals surface area contributed by atoms with Crippen molar-refractivity contribution in [3.63, 3.8) is 0 Å². The maximum Gasteiger partial charge on any atom is 0.251 e. The molecule has 0 atom stereocenters. The highest BCUT2D eigenvalue weighted by molar-refractivity contribution is 6.30. The Morgan fingerprint density at radius 3 is 2.68 bits per heavy atom. The quantitative estimate of drug-likeness (QED) is 0.699. The van der Waals surface area contributed by atoms with E-state index < -0.39 is 0 Å². The van der Waals surface area contributed by atoms with Gasteiger partial charge in [0.05, 0.1) is 0 Å². The van der Waals surface area contributed by atoms with Crippen molar-refractivity contribution in [2.24, 2.45) is 0 Å². The van der Waals surface area contributed by atoms with Crippen molar-refractivity contribution < 1.29 is 4.79 Å². The lowest BCUT2D eigenvalue weighted by Crippen LogP contribution is -2.22. The maximum absolute atomic E-state index is 12.4. The summed E-state index contributed by atoms with van der Waals surface area (Å²) in [5, 5.41) is 6.76. The molecule has 1 aromatic heterocycles. The lowest BCUT2D eigenvalue weighted by Gasteiger charge is -2.11. The van der Waals surface area contributed by atoms with Gasteiger partial charge in [-0.1, -0.05) is 48.0 Å². The van der Waals surface area contributed by atoms with Crippen LogP contribution in [0.3, 0.4) is 0 Å². The van der Waals surface area contributed by atoms with E-state index in [1.165, 1.54) is 0 Å². The lowest BCUT2D eigenvalue weighted by molar-refractivity contribution is 0.0951. The molecule has 0 unspecified atom stereocenters. The van der Waals surface area contributed by atoms with Gasteiger partial charge in [-0.2, -0.15) is 0 Å². The van der Waals surface area contributed by atoms with Crippen LogP contribution in [-0.4, -0.2) is 10.9 Å². The molecule has 0 saturated carbocycles. The Bertz CT molecular complexity index is 881. The first-order chi connectivity index (χ1) is 12.1. The molecule has 4 nitrogen and oxygen atoms in total. The van der Waals surface area contributed by atoms with Gasteiger partial charge in [0.1, 0.15) is 5.82 Å². The minimum atomic E-state index is -0.142. The number of amides is 1. The zero-order valence-corrected chi connectivity index (χ0v) is 14.5. The fraction of sp³-hybridized carbons (Fsp3) is 0.100. The predicted octanol–water partition coefficient (Wildman–Crippen LogP) is 4.72. The van der Waals surface area contributed by atoms with E-state index in [1.54, 1.807) is 18.3 Å². The SMILES string of the molecule is Cc1ccc(Cl)cc1Nc1cc(C(=O)NCc2ccccc2)ccn1. The third-order valence-electron chi connectivity index (χ3n) is 3.78. The van der Waals surface area contributed by atoms with E-state index in [9.17, 15) is 4.79 Å². The van der Waals surface area contributed by atoms with Crippen LogP contribution in [0.2, 0.25) is 5.02 Å². The van der Waals surface area contributed by atoms with Gasteiger partial charge in [-0.15, -0.1) is 0 Å². The molecule has 2 aromatic carbocycles. The highest BCUT2D eigenvalue weighted by atomic mass is 35.5. The van der Waals surface area contributed by atoms with E-state index in [0.29, 0.717) is 22.9 Å². The Kier molecular flexibility index (Phi) is 5.31. The van der Waals surface area contributed by atoms with E-state index in [1.807, 2.05) is 55.5 Å². The predicted molar refractivity (Wildman–Crippen MR) is 101 cm³/mol. The summed E-state index contributed by atoms with van der Waals surface area (Å²) in [5.41, 5.74) is 3.51. The van der Waals surface area contributed by atoms with Crippen molar-refractivity contribution in [3.8, 4) is 0 Å². The van der Waals surface area contributed by atoms with Gasteiger partial charge in [0.25, 0.3) is 5.91 Å². The molecule has 1 amide bonds. The lowest BCUT2D eigenvalue weighted by atomic mass is 10.2. The number of halogens is 1. The summed E-state index contributed by atoms with van der Waals surface area (Å²) in [7, 11) is 0. The van der Waals surface area contributed by atoms with Gasteiger partial charge in [-0.3, -0.25) is 4.79 Å². The largest absolute Gasteiger partial charge is 0.348 e. The van der Waals surface area contributed by atoms with Crippen LogP contribution in [0.5, 0.6) is 0 Å². The van der Waals surface area contributed by atoms with Crippen molar-refractivity contribution in [2.75, 3.05) is 5.32 Å². The first-order valence-electron chi connectivity index (χ1n) is 7.93. The third kappa shape index (κ3) is 4.58. The smallest absolute Gasteiger partial charge is 0.251 e. The molecule has 5 heteroatoms. The van der Waals surface area contributed by atoms with Crippen LogP contribution < -0.4 is 10.6 Å². The number of nitrogens with one attached hydrogen (secondary N) is 2. The summed E-state index contributed by atoms with van der Waals surface area (Å²) in [5.74, 6) is 0.454. The molecule has 126 valence electrons. The number of carbonyl (C=O) groups excluding carboxylic acids is 1. The molecule has 0 aliphatic rings. The normalized spacial score (nSPS) is 10.3. The van der Waals surface area contributed by atoms with Crippen molar-refractivity contribution in [2.45, 2.75) is 13.5 Å². The number of aryl methyl sites for hydroxylation is 1. The number of benzene rings is 2. The molecule has 0 aliphatic heterocycles. The van der Waals surface area contributed by atoms with Crippen molar-refractivity contribution in [1.29, 1.82) is 0 Å². The van der Waals surface area contributed by atoms with Gasteiger partial charge in [0, 0.05) is 29.0 Å². The molecule has 3 rings (SSSR count). The number of rotatable bonds is 5. The van der Waals surface area contributed by atoms with Gasteiger partial charge >= 0.3 is 0 Å². The second kappa shape index (κ2) is 7.81. The van der Waals surface area contributed by atoms with E-state index in [-0.39, 0.29) is 5.91 Å². The molecule has 3 aromatic rings. The Balaban J connectivity index is 1.70. The fourth-order valence-corrected chi connectivity index (χ4v) is 2.56. The van der Waals surface area contributed by atoms with Crippen LogP contribution in [0.15, 0.2) is 66.9 Å². The summed E-state index contributed by atoms with van der Waals surface area (Å²) in [6, 6.07) is 18.8. The summed E-state index contributed by atoms with van der Waals surface area (Å²) >= 11 is 6.04. The number of anilines is 2. The number of hydrogen-bond donors (Lipinski definition) is 2. The van der Waals surface area contributed by atoms with Crippen LogP contribution in [0.25, 0.3) is 0 Å². The second-order valence-electron chi connectivity index (χ2n) is 5.68. The number of aromatic nitrogens is 1. The van der Waals surface area contributed by atoms with Crippen molar-refractivity contribution in [1.82, 2.24) is 10.3 Å². The zero-order valence-electron chi connectivity index (χ0n) is 13.8. The summed E-state index contributed by atoms with van der Waals surface area (Å²) in [6.45, 7) is 2.47. The van der Waals surface area contributed by atoms with Gasteiger partial charge in [0.15, 0.2) is 0 Å². The number of hydrogen-bond acceptors (Lipinski definition) is 3. The molecule has 0 fully saturated rings. The van der Waals surface area contributed by atoms with Crippen LogP contribution >= 0.6 is 11.6 Å². The first-order valence-corrected chi connectivity index (χ1v) is 8.31. The Hall–Kier alpha value is -2.85. The van der Waals surface area contributed by atoms with E-state index >= 15 is 0 Å². The molecule has 0 bridgehead atoms. The van der Waals surface area contributed by atoms with E-state index in [2.05, 4.69) is 15.6 Å². The van der Waals surface area contributed by atoms with E-state index in [0.717, 1.165) is 16.8 Å². The molecule has 25 heavy (non-hydrogen) atoms. The summed E-state index contributed by atoms with van der Waals surface area (Å²) in [4.78, 5) is 16.6. The van der Waals surface area contributed by atoms with Crippen LogP contribution in [0, 0.1) is 6.92 Å². The Morgan fingerprint density at radius 1 is 1.08 bits per heavy atom. The minimum absolute atomic E-state index is 0.142. The minimum Gasteiger partial charge on any atom is -0.348 e. The average molecular weight is 352 g/mol. The van der Waals surface area contributed by atoms with Gasteiger partial charge < -0.3 is 10.6 Å². The molecule has 0 spiro atoms. The Morgan fingerprint density at radius 2 is 1.88 bits per heavy atom. The van der Waals surface area contributed by atoms with Gasteiger partial charge in [0.2, 0.25) is 0 Å². The van der Waals surface area contributed by atoms with Crippen molar-refractivity contribution >= 4 is 29.0 Å². The molecule has 2 N–H and O–H groups in total. The van der Waals surface area contributed by atoms with Crippen molar-refractivity contribution in [3.05, 3.63) is 88.6 Å². The van der Waals surface area contributed by atoms with Crippen LogP contribution in [0.1, 0.15) is 21.5 Å². The molecule has 1 heterocycles. The fourth-order valence-electron chi connectivity index (χ4n) is 2.39. The summed E-state index contributed by atoms with van der Waals surface area (Å²) < 4.78 is 0. The van der Waals surface area contributed by atoms with E-state index in [4.69, 9.17) is 11.6 Å². The third-order valence-corrected chi connectivity index (χ3v) is 4.02. The van der Waals surface area contributed by atoms with Crippen LogP contribution in [-0.2, 0) is 6.54 Å². The molecular weight excluding hydrogens is 334 g/mol. The van der Waals surface area contributed by atoms with Gasteiger partial charge in [-0.05, 0) is 42.3 Å². The molecule has 0 aliphatic carbocycles. The zero-order chi connectivity index (χ0) is 17.6. The van der Waals surface area contributed by atoms with Gasteiger partial charge in [-0.25, -0.2) is 4.98 Å². The van der Waals surface area contributed by atoms with Crippen LogP contribution in [0.4, 0.5) is 11.5 Å². The molecular formula is C20H18ClN3O. The average Bonchev–Trinajstić information content (AvgIpc) is 2.64. The number of pyridine rings is 1.